The van der Waals surface area contributed by atoms with Crippen molar-refractivity contribution < 1.29 is 267 Å². The topological polar surface area (TPSA) is 916 Å². The van der Waals surface area contributed by atoms with Crippen LogP contribution in [0.25, 0.3) is 0 Å². The Morgan fingerprint density at radius 2 is 0.628 bits per heavy atom. The van der Waals surface area contributed by atoms with Crippen LogP contribution in [0.2, 0.25) is 0 Å². The van der Waals surface area contributed by atoms with Gasteiger partial charge in [-0.05, 0) is 0 Å². The predicted molar refractivity (Wildman–Crippen MR) is 393 cm³/mol. The van der Waals surface area contributed by atoms with E-state index in [1.807, 2.05) is 0 Å². The molecule has 0 aromatic rings. The van der Waals surface area contributed by atoms with Gasteiger partial charge in [0, 0.05) is 34.1 Å². The van der Waals surface area contributed by atoms with Gasteiger partial charge in [-0.25, -0.2) is 4.79 Å². The molecule has 0 aromatic carbocycles. The first-order valence-electron chi connectivity index (χ1n) is 40.8. The summed E-state index contributed by atoms with van der Waals surface area (Å²) in [5.41, 5.74) is 0. The fourth-order valence-electron chi connectivity index (χ4n) is 16.4. The van der Waals surface area contributed by atoms with E-state index in [0.29, 0.717) is 0 Å². The number of amides is 4. The van der Waals surface area contributed by atoms with Gasteiger partial charge in [0.05, 0.1) is 78.2 Å². The van der Waals surface area contributed by atoms with Crippen LogP contribution < -0.4 is 21.3 Å². The average Bonchev–Trinajstić information content (AvgIpc) is 1.29. The van der Waals surface area contributed by atoms with Crippen molar-refractivity contribution in [2.45, 2.75) is 347 Å². The summed E-state index contributed by atoms with van der Waals surface area (Å²) in [4.78, 5) is 63.7. The van der Waals surface area contributed by atoms with E-state index < -0.39 is 414 Å². The minimum Gasteiger partial charge on any atom is -0.477 e. The van der Waals surface area contributed by atoms with Crippen LogP contribution in [0, 0.1) is 0 Å². The molecule has 10 saturated heterocycles. The lowest BCUT2D eigenvalue weighted by atomic mass is 9.88. The Bertz CT molecular complexity index is 3550. The Morgan fingerprint density at radius 1 is 0.318 bits per heavy atom. The van der Waals surface area contributed by atoms with Gasteiger partial charge >= 0.3 is 5.97 Å². The van der Waals surface area contributed by atoms with Crippen molar-refractivity contribution >= 4 is 29.6 Å². The molecule has 10 heterocycles. The van der Waals surface area contributed by atoms with E-state index in [4.69, 9.17) is 90.0 Å². The molecule has 58 heteroatoms. The molecule has 34 N–H and O–H groups in total. The summed E-state index contributed by atoms with van der Waals surface area (Å²) in [6, 6.07) is -7.48. The van der Waals surface area contributed by atoms with Gasteiger partial charge in [0.2, 0.25) is 23.6 Å². The van der Waals surface area contributed by atoms with Crippen molar-refractivity contribution in [3.63, 3.8) is 0 Å². The van der Waals surface area contributed by atoms with Gasteiger partial charge in [-0.3, -0.25) is 19.2 Å². The number of hydrogen-bond acceptors (Lipinski definition) is 53. The van der Waals surface area contributed by atoms with Crippen molar-refractivity contribution in [2.24, 2.45) is 0 Å². The Balaban J connectivity index is 0.960. The highest BCUT2D eigenvalue weighted by molar-refractivity contribution is 5.77. The van der Waals surface area contributed by atoms with E-state index in [1.54, 1.807) is 0 Å². The van der Waals surface area contributed by atoms with Gasteiger partial charge in [-0.2, -0.15) is 0 Å². The fourth-order valence-corrected chi connectivity index (χ4v) is 16.4. The smallest absolute Gasteiger partial charge is 0.364 e. The molecule has 10 fully saturated rings. The van der Waals surface area contributed by atoms with Crippen LogP contribution in [-0.2, 0) is 114 Å². The normalized spacial score (nSPS) is 48.1. The summed E-state index contributed by atoms with van der Waals surface area (Å²) < 4.78 is 111. The Hall–Kier alpha value is -4.57. The quantitative estimate of drug-likeness (QED) is 0.0280. The highest BCUT2D eigenvalue weighted by atomic mass is 16.8. The minimum absolute atomic E-state index is 0.815. The zero-order valence-electron chi connectivity index (χ0n) is 68.9. The summed E-state index contributed by atoms with van der Waals surface area (Å²) in [6.45, 7) is -7.86. The maximum absolute atomic E-state index is 13.2. The van der Waals surface area contributed by atoms with Crippen LogP contribution in [0.4, 0.5) is 0 Å². The van der Waals surface area contributed by atoms with Crippen LogP contribution in [0.3, 0.4) is 0 Å². The zero-order valence-corrected chi connectivity index (χ0v) is 68.9. The third-order valence-electron chi connectivity index (χ3n) is 23.4. The maximum atomic E-state index is 13.2. The van der Waals surface area contributed by atoms with Crippen molar-refractivity contribution in [2.75, 3.05) is 66.1 Å². The molecule has 0 bridgehead atoms. The second kappa shape index (κ2) is 46.1. The number of carboxylic acid groups (broad SMARTS) is 1. The second-order valence-corrected chi connectivity index (χ2v) is 32.5. The van der Waals surface area contributed by atoms with Gasteiger partial charge in [-0.15, -0.1) is 0 Å². The highest BCUT2D eigenvalue weighted by Crippen LogP contribution is 2.42. The largest absolute Gasteiger partial charge is 0.477 e. The zero-order chi connectivity index (χ0) is 95.3. The van der Waals surface area contributed by atoms with E-state index in [2.05, 4.69) is 21.3 Å². The Labute approximate surface area is 728 Å². The van der Waals surface area contributed by atoms with Gasteiger partial charge in [0.15, 0.2) is 56.6 Å². The van der Waals surface area contributed by atoms with E-state index in [1.165, 1.54) is 0 Å². The van der Waals surface area contributed by atoms with Crippen LogP contribution in [0.5, 0.6) is 0 Å². The van der Waals surface area contributed by atoms with E-state index in [0.717, 1.165) is 27.7 Å². The number of carboxylic acids is 1. The number of aliphatic hydroxyl groups is 29. The van der Waals surface area contributed by atoms with Crippen LogP contribution in [0.1, 0.15) is 34.1 Å². The molecule has 10 aliphatic heterocycles. The monoisotopic (exact) mass is 1890 g/mol. The number of nitrogens with one attached hydrogen (secondary N) is 4. The number of aliphatic carboxylic acids is 1. The van der Waals surface area contributed by atoms with Crippen molar-refractivity contribution in [3.8, 4) is 0 Å². The Kier molecular flexibility index (Phi) is 38.0. The lowest BCUT2D eigenvalue weighted by Crippen LogP contribution is -2.71. The minimum atomic E-state index is -3.11. The van der Waals surface area contributed by atoms with Crippen molar-refractivity contribution in [3.05, 3.63) is 0 Å². The standard InChI is InChI=1S/C71H118N4O54/c1-16(83)72-31-20(87)5-71(70(109)110,129-57(31)35(89)21(88)6-76)113-15-30-39(93)47(101)51(105)67(122-30)124-55-26(11-81)119-63(34(44(55)98)75-19(4)86)128-60-48(102)38(92)24(9-79)117-69(60)127-59-41(95)29(121-68(53(59)107)125-56-27(12-82)118-62(33(43(56)97)74-18(3)85)123-54-25(10-80)114-61(108)32(42(54)96)73-17(2)84)14-112-65-52(106)58(126-66-50(104)46(100)37(91)23(8-78)116-66)40(94)28(120-65)13-111-64-49(103)45(99)36(90)22(7-77)115-64/h20-69,76-82,87-108H,5-15H2,1-4H3,(H,72,83)(H,73,84)(H,74,85)(H,75,86)(H,109,110)/t20-,21+,22+,23+,24+,25+,26+,27+,28+,29+,30+,31+,32+,33+,34+,35+,36+,37+,38+,39-,40+,41+,42+,43+,44+,45-,46-,47-,48-,49-,50-,51+,52-,53-,54+,55+,56+,57+,58-,59-,60-,61+,62-,63-,64-,65-,66+,67-,68-,69+,71-/m0/s1. The fraction of sp³-hybridized carbons (Fsp3) is 0.930. The first-order valence-corrected chi connectivity index (χ1v) is 40.8. The molecule has 746 valence electrons. The molecule has 0 radical (unpaired) electrons. The molecule has 58 nitrogen and oxygen atoms in total. The molecule has 0 aromatic heterocycles. The lowest BCUT2D eigenvalue weighted by molar-refractivity contribution is -0.399. The molecular formula is C71H118N4O54. The van der Waals surface area contributed by atoms with Gasteiger partial charge in [-0.1, -0.05) is 0 Å². The maximum Gasteiger partial charge on any atom is 0.364 e. The number of hydrogen-bond donors (Lipinski definition) is 34. The number of ether oxygens (including phenoxy) is 19. The summed E-state index contributed by atoms with van der Waals surface area (Å²) >= 11 is 0. The van der Waals surface area contributed by atoms with E-state index in [-0.39, 0.29) is 0 Å². The van der Waals surface area contributed by atoms with Crippen molar-refractivity contribution in [1.29, 1.82) is 0 Å². The average molecular weight is 1890 g/mol. The molecular weight excluding hydrogens is 1770 g/mol. The number of aliphatic hydroxyl groups excluding tert-OH is 29. The number of carbonyl (C=O) groups excluding carboxylic acids is 4. The molecule has 10 aliphatic rings. The molecule has 4 amide bonds. The molecule has 0 aliphatic carbocycles. The summed E-state index contributed by atoms with van der Waals surface area (Å²) in [6.07, 6.45) is -102. The lowest BCUT2D eigenvalue weighted by Gasteiger charge is -2.51. The van der Waals surface area contributed by atoms with Gasteiger partial charge < -0.3 is 264 Å². The third-order valence-corrected chi connectivity index (χ3v) is 23.4. The first-order chi connectivity index (χ1) is 60.8. The molecule has 10 rings (SSSR count). The summed E-state index contributed by atoms with van der Waals surface area (Å²) in [5, 5.41) is 343. The highest BCUT2D eigenvalue weighted by Gasteiger charge is 2.63. The first kappa shape index (κ1) is 106. The van der Waals surface area contributed by atoms with Crippen molar-refractivity contribution in [1.82, 2.24) is 21.3 Å². The number of rotatable bonds is 35. The Morgan fingerprint density at radius 3 is 1.06 bits per heavy atom. The second-order valence-electron chi connectivity index (χ2n) is 32.5. The molecule has 0 spiro atoms. The van der Waals surface area contributed by atoms with E-state index in [9.17, 15) is 177 Å². The SMILES string of the molecule is CC(=O)N[C@@H]1[C@@H](O)[C@H](O[C@@H]2O[C@H](CO)[C@@H](O[C@@H]3O[C@H](CO[C@H]4O[C@H](CO[C@H]5O[C@H](CO)[C@@H](O)[C@H](O)[C@@H]5O)[C@@H](O)[C@H](O[C@H]5O[C@H](CO)[C@@H](O)[C@H](O)[C@@H]5O)[C@@H]4O)[C@@H](O)[C@H](O[C@H]4O[C@H](CO)[C@@H](O)[C@H](O)[C@@H]4O[C@@H]4O[C@H](CO)[C@@H](O[C@@H]5O[C@H](CO[C@@]6(C(=O)O)C[C@H](O)[C@@H](NC(C)=O)[C@H]([C@H](O)[C@H](O)CO)O6)[C@H](O)[C@H](O)[C@H]5O)[C@H](O)[C@H]4NC(C)=O)[C@@H]3O)[C@H](O)[C@H]2NC(C)=O)[C@@H](CO)O[C@H]1O. The third kappa shape index (κ3) is 23.6. The molecule has 0 saturated carbocycles. The molecule has 129 heavy (non-hydrogen) atoms. The van der Waals surface area contributed by atoms with Crippen LogP contribution >= 0.6 is 0 Å². The predicted octanol–water partition coefficient (Wildman–Crippen LogP) is -23.0. The van der Waals surface area contributed by atoms with Crippen LogP contribution in [-0.4, -0.2) is 561 Å². The molecule has 51 atom stereocenters. The van der Waals surface area contributed by atoms with E-state index >= 15 is 0 Å². The van der Waals surface area contributed by atoms with Crippen LogP contribution in [0.15, 0.2) is 0 Å². The van der Waals surface area contributed by atoms with Gasteiger partial charge in [0.1, 0.15) is 238 Å². The molecule has 0 unspecified atom stereocenters. The van der Waals surface area contributed by atoms with Gasteiger partial charge in [0.25, 0.3) is 5.79 Å². The summed E-state index contributed by atoms with van der Waals surface area (Å²) in [7, 11) is 0. The number of carbonyl (C=O) groups is 5. The summed E-state index contributed by atoms with van der Waals surface area (Å²) in [5.74, 6) is -8.88.